The third kappa shape index (κ3) is 9.40. The van der Waals surface area contributed by atoms with Gasteiger partial charge >= 0.3 is 0 Å². The van der Waals surface area contributed by atoms with Gasteiger partial charge in [-0.2, -0.15) is 0 Å². The smallest absolute Gasteiger partial charge is 0.182 e. The second-order valence-corrected chi connectivity index (χ2v) is 6.37. The van der Waals surface area contributed by atoms with E-state index in [-0.39, 0.29) is 5.78 Å². The van der Waals surface area contributed by atoms with Gasteiger partial charge in [-0.15, -0.1) is 6.58 Å². The van der Waals surface area contributed by atoms with E-state index < -0.39 is 6.10 Å². The van der Waals surface area contributed by atoms with Crippen LogP contribution in [0.5, 0.6) is 11.5 Å². The summed E-state index contributed by atoms with van der Waals surface area (Å²) in [6.45, 7) is 13.5. The average molecular weight is 385 g/mol. The molecule has 0 aliphatic carbocycles. The van der Waals surface area contributed by atoms with Gasteiger partial charge in [-0.05, 0) is 44.0 Å². The summed E-state index contributed by atoms with van der Waals surface area (Å²) in [5.41, 5.74) is 1.87. The maximum Gasteiger partial charge on any atom is 0.182 e. The lowest BCUT2D eigenvalue weighted by molar-refractivity contribution is -0.126. The zero-order valence-electron chi connectivity index (χ0n) is 18.3. The summed E-state index contributed by atoms with van der Waals surface area (Å²) in [5.74, 6) is 1.60. The van der Waals surface area contributed by atoms with Gasteiger partial charge in [0.15, 0.2) is 11.9 Å². The molecule has 154 valence electrons. The summed E-state index contributed by atoms with van der Waals surface area (Å²) in [6.07, 6.45) is 3.73. The molecule has 1 atom stereocenters. The summed E-state index contributed by atoms with van der Waals surface area (Å²) in [6, 6.07) is 15.2. The number of ketones is 1. The Bertz CT molecular complexity index is 674. The van der Waals surface area contributed by atoms with Gasteiger partial charge in [-0.25, -0.2) is 0 Å². The molecule has 2 aromatic carbocycles. The van der Waals surface area contributed by atoms with E-state index in [2.05, 4.69) is 20.4 Å². The largest absolute Gasteiger partial charge is 0.497 e. The first kappa shape index (κ1) is 25.4. The van der Waals surface area contributed by atoms with Gasteiger partial charge in [0.05, 0.1) is 7.11 Å². The van der Waals surface area contributed by atoms with Crippen LogP contribution in [0.1, 0.15) is 64.2 Å². The summed E-state index contributed by atoms with van der Waals surface area (Å²) < 4.78 is 11.2. The van der Waals surface area contributed by atoms with Crippen LogP contribution in [0.2, 0.25) is 0 Å². The molecule has 1 unspecified atom stereocenters. The number of rotatable bonds is 7. The van der Waals surface area contributed by atoms with Crippen molar-refractivity contribution in [2.75, 3.05) is 7.11 Å². The average Bonchev–Trinajstić information content (AvgIpc) is 2.69. The van der Waals surface area contributed by atoms with Crippen molar-refractivity contribution in [3.8, 4) is 11.5 Å². The van der Waals surface area contributed by atoms with Gasteiger partial charge in [-0.3, -0.25) is 4.79 Å². The summed E-state index contributed by atoms with van der Waals surface area (Å²) in [4.78, 5) is 12.5. The Morgan fingerprint density at radius 2 is 1.61 bits per heavy atom. The van der Waals surface area contributed by atoms with E-state index in [0.717, 1.165) is 29.0 Å². The SMILES string of the molecule is C=CC.CCC.CCCC(=O)C(Oc1ccccc1C)c1ccc(OC)cc1. The number of benzene rings is 2. The molecular weight excluding hydrogens is 348 g/mol. The molecule has 2 rings (SSSR count). The highest BCUT2D eigenvalue weighted by molar-refractivity contribution is 5.84. The Labute approximate surface area is 171 Å². The Morgan fingerprint density at radius 3 is 2.07 bits per heavy atom. The minimum atomic E-state index is -0.577. The van der Waals surface area contributed by atoms with Gasteiger partial charge in [0.2, 0.25) is 0 Å². The van der Waals surface area contributed by atoms with Crippen molar-refractivity contribution in [1.82, 2.24) is 0 Å². The molecule has 0 N–H and O–H groups in total. The molecule has 0 radical (unpaired) electrons. The Balaban J connectivity index is 0.00000108. The number of carbonyl (C=O) groups is 1. The zero-order valence-corrected chi connectivity index (χ0v) is 18.3. The van der Waals surface area contributed by atoms with Crippen molar-refractivity contribution in [3.63, 3.8) is 0 Å². The molecule has 2 aromatic rings. The monoisotopic (exact) mass is 384 g/mol. The molecule has 0 fully saturated rings. The van der Waals surface area contributed by atoms with Crippen molar-refractivity contribution >= 4 is 5.78 Å². The zero-order chi connectivity index (χ0) is 21.4. The molecule has 0 bridgehead atoms. The fourth-order valence-electron chi connectivity index (χ4n) is 2.29. The third-order valence-corrected chi connectivity index (χ3v) is 3.55. The molecule has 0 amide bonds. The second-order valence-electron chi connectivity index (χ2n) is 6.37. The quantitative estimate of drug-likeness (QED) is 0.477. The maximum atomic E-state index is 12.5. The normalized spacial score (nSPS) is 10.4. The van der Waals surface area contributed by atoms with Gasteiger partial charge in [-0.1, -0.05) is 63.6 Å². The fraction of sp³-hybridized carbons (Fsp3) is 0.400. The maximum absolute atomic E-state index is 12.5. The van der Waals surface area contributed by atoms with E-state index in [0.29, 0.717) is 6.42 Å². The number of aryl methyl sites for hydroxylation is 1. The highest BCUT2D eigenvalue weighted by atomic mass is 16.5. The molecule has 0 aliphatic rings. The lowest BCUT2D eigenvalue weighted by Gasteiger charge is -2.20. The predicted octanol–water partition coefficient (Wildman–Crippen LogP) is 7.10. The Kier molecular flexibility index (Phi) is 14.1. The molecule has 3 heteroatoms. The van der Waals surface area contributed by atoms with Gasteiger partial charge < -0.3 is 9.47 Å². The minimum absolute atomic E-state index is 0.0934. The van der Waals surface area contributed by atoms with E-state index in [1.807, 2.05) is 69.3 Å². The number of carbonyl (C=O) groups excluding carboxylic acids is 1. The minimum Gasteiger partial charge on any atom is -0.497 e. The molecule has 3 nitrogen and oxygen atoms in total. The molecule has 0 saturated carbocycles. The molecule has 0 saturated heterocycles. The van der Waals surface area contributed by atoms with Crippen LogP contribution in [0.15, 0.2) is 61.2 Å². The molecular formula is C25H36O3. The number of methoxy groups -OCH3 is 1. The molecule has 0 aliphatic heterocycles. The summed E-state index contributed by atoms with van der Waals surface area (Å²) >= 11 is 0. The predicted molar refractivity (Wildman–Crippen MR) is 119 cm³/mol. The van der Waals surface area contributed by atoms with Crippen molar-refractivity contribution in [2.24, 2.45) is 0 Å². The first-order valence-corrected chi connectivity index (χ1v) is 9.94. The van der Waals surface area contributed by atoms with E-state index in [1.165, 1.54) is 6.42 Å². The van der Waals surface area contributed by atoms with Crippen molar-refractivity contribution < 1.29 is 14.3 Å². The lowest BCUT2D eigenvalue weighted by atomic mass is 10.0. The summed E-state index contributed by atoms with van der Waals surface area (Å²) in [5, 5.41) is 0. The molecule has 0 spiro atoms. The standard InChI is InChI=1S/C19H22O3.C3H8.C3H6/c1-4-7-17(20)19(15-10-12-16(21-3)13-11-15)22-18-9-6-5-8-14(18)2;2*1-3-2/h5-6,8-13,19H,4,7H2,1-3H3;3H2,1-2H3;3H,1H2,2H3. The fourth-order valence-corrected chi connectivity index (χ4v) is 2.29. The number of para-hydroxylation sites is 1. The third-order valence-electron chi connectivity index (χ3n) is 3.55. The van der Waals surface area contributed by atoms with E-state index >= 15 is 0 Å². The topological polar surface area (TPSA) is 35.5 Å². The molecule has 0 heterocycles. The van der Waals surface area contributed by atoms with Crippen LogP contribution < -0.4 is 9.47 Å². The summed E-state index contributed by atoms with van der Waals surface area (Å²) in [7, 11) is 1.62. The van der Waals surface area contributed by atoms with E-state index in [4.69, 9.17) is 9.47 Å². The van der Waals surface area contributed by atoms with Crippen LogP contribution in [0.3, 0.4) is 0 Å². The van der Waals surface area contributed by atoms with Crippen LogP contribution in [0.4, 0.5) is 0 Å². The Hall–Kier alpha value is -2.55. The molecule has 28 heavy (non-hydrogen) atoms. The number of allylic oxidation sites excluding steroid dienone is 1. The van der Waals surface area contributed by atoms with Crippen molar-refractivity contribution in [3.05, 3.63) is 72.3 Å². The van der Waals surface area contributed by atoms with Gasteiger partial charge in [0.25, 0.3) is 0 Å². The van der Waals surface area contributed by atoms with Crippen molar-refractivity contribution in [1.29, 1.82) is 0 Å². The highest BCUT2D eigenvalue weighted by Crippen LogP contribution is 2.28. The van der Waals surface area contributed by atoms with Crippen LogP contribution in [-0.4, -0.2) is 12.9 Å². The van der Waals surface area contributed by atoms with Crippen LogP contribution in [-0.2, 0) is 4.79 Å². The van der Waals surface area contributed by atoms with E-state index in [9.17, 15) is 4.79 Å². The van der Waals surface area contributed by atoms with Crippen LogP contribution in [0, 0.1) is 6.92 Å². The number of hydrogen-bond donors (Lipinski definition) is 0. The van der Waals surface area contributed by atoms with Crippen molar-refractivity contribution in [2.45, 2.75) is 60.0 Å². The Morgan fingerprint density at radius 1 is 1.07 bits per heavy atom. The molecule has 0 aromatic heterocycles. The first-order valence-electron chi connectivity index (χ1n) is 9.94. The van der Waals surface area contributed by atoms with Gasteiger partial charge in [0.1, 0.15) is 11.5 Å². The number of hydrogen-bond acceptors (Lipinski definition) is 3. The van der Waals surface area contributed by atoms with E-state index in [1.54, 1.807) is 13.2 Å². The number of ether oxygens (including phenoxy) is 2. The number of Topliss-reactive ketones (excluding diaryl/α,β-unsaturated/α-hetero) is 1. The van der Waals surface area contributed by atoms with Crippen LogP contribution >= 0.6 is 0 Å². The first-order chi connectivity index (χ1) is 13.5. The van der Waals surface area contributed by atoms with Crippen LogP contribution in [0.25, 0.3) is 0 Å². The van der Waals surface area contributed by atoms with Gasteiger partial charge in [0, 0.05) is 12.0 Å². The lowest BCUT2D eigenvalue weighted by Crippen LogP contribution is -2.19. The highest BCUT2D eigenvalue weighted by Gasteiger charge is 2.22. The second kappa shape index (κ2) is 15.5.